The molecule has 0 N–H and O–H groups in total. The summed E-state index contributed by atoms with van der Waals surface area (Å²) in [6.07, 6.45) is 1.92. The lowest BCUT2D eigenvalue weighted by Crippen LogP contribution is -2.53. The molecule has 1 fully saturated rings. The van der Waals surface area contributed by atoms with Crippen LogP contribution in [0.3, 0.4) is 0 Å². The number of fused-ring (bicyclic) bond motifs is 1. The fourth-order valence-corrected chi connectivity index (χ4v) is 2.91. The van der Waals surface area contributed by atoms with Gasteiger partial charge in [0.15, 0.2) is 5.76 Å². The lowest BCUT2D eigenvalue weighted by atomic mass is 9.97. The highest BCUT2D eigenvalue weighted by Gasteiger charge is 2.57. The van der Waals surface area contributed by atoms with Crippen molar-refractivity contribution in [2.75, 3.05) is 7.05 Å². The van der Waals surface area contributed by atoms with Gasteiger partial charge in [-0.25, -0.2) is 0 Å². The van der Waals surface area contributed by atoms with Gasteiger partial charge in [-0.1, -0.05) is 44.2 Å². The molecule has 4 heteroatoms. The van der Waals surface area contributed by atoms with Crippen molar-refractivity contribution in [3.05, 3.63) is 42.0 Å². The minimum Gasteiger partial charge on any atom is -0.402 e. The van der Waals surface area contributed by atoms with Crippen LogP contribution in [-0.4, -0.2) is 34.6 Å². The summed E-state index contributed by atoms with van der Waals surface area (Å²) in [7, 11) is 1.85. The summed E-state index contributed by atoms with van der Waals surface area (Å²) >= 11 is 0. The molecule has 3 rings (SSSR count). The van der Waals surface area contributed by atoms with Crippen LogP contribution in [0.1, 0.15) is 26.3 Å². The third-order valence-corrected chi connectivity index (χ3v) is 4.62. The Labute approximate surface area is 119 Å². The van der Waals surface area contributed by atoms with Crippen LogP contribution < -0.4 is 0 Å². The molecule has 1 aromatic carbocycles. The van der Waals surface area contributed by atoms with E-state index in [9.17, 15) is 4.79 Å². The predicted molar refractivity (Wildman–Crippen MR) is 77.1 cm³/mol. The molecule has 0 saturated carbocycles. The van der Waals surface area contributed by atoms with E-state index in [1.807, 2.05) is 48.5 Å². The maximum absolute atomic E-state index is 12.4. The number of nitrogens with zero attached hydrogens (tertiary/aromatic N) is 2. The fourth-order valence-electron chi connectivity index (χ4n) is 2.91. The summed E-state index contributed by atoms with van der Waals surface area (Å²) in [5.74, 6) is 1.13. The molecule has 2 heterocycles. The Morgan fingerprint density at radius 2 is 1.90 bits per heavy atom. The van der Waals surface area contributed by atoms with Crippen molar-refractivity contribution in [2.45, 2.75) is 32.5 Å². The second-order valence-electron chi connectivity index (χ2n) is 5.90. The van der Waals surface area contributed by atoms with Gasteiger partial charge in [0.1, 0.15) is 11.7 Å². The van der Waals surface area contributed by atoms with E-state index in [1.165, 1.54) is 0 Å². The molecule has 4 nitrogen and oxygen atoms in total. The molecule has 0 unspecified atom stereocenters. The molecule has 1 aromatic rings. The quantitative estimate of drug-likeness (QED) is 0.829. The summed E-state index contributed by atoms with van der Waals surface area (Å²) < 4.78 is 0. The Hall–Kier alpha value is -1.81. The Morgan fingerprint density at radius 1 is 1.25 bits per heavy atom. The number of benzene rings is 1. The Kier molecular flexibility index (Phi) is 2.87. The molecular weight excluding hydrogens is 252 g/mol. The average Bonchev–Trinajstić information content (AvgIpc) is 2.96. The van der Waals surface area contributed by atoms with E-state index >= 15 is 0 Å². The minimum atomic E-state index is -0.422. The van der Waals surface area contributed by atoms with Gasteiger partial charge < -0.3 is 9.74 Å². The van der Waals surface area contributed by atoms with Crippen LogP contribution in [0.4, 0.5) is 0 Å². The van der Waals surface area contributed by atoms with Gasteiger partial charge >= 0.3 is 0 Å². The zero-order chi connectivity index (χ0) is 14.5. The molecule has 2 aliphatic heterocycles. The van der Waals surface area contributed by atoms with Crippen molar-refractivity contribution in [1.29, 1.82) is 0 Å². The predicted octanol–water partition coefficient (Wildman–Crippen LogP) is 2.49. The maximum atomic E-state index is 12.4. The van der Waals surface area contributed by atoms with Crippen LogP contribution in [0.5, 0.6) is 0 Å². The zero-order valence-electron chi connectivity index (χ0n) is 12.3. The van der Waals surface area contributed by atoms with E-state index in [4.69, 9.17) is 4.84 Å². The number of hydroxylamine groups is 2. The first-order valence-electron chi connectivity index (χ1n) is 6.98. The number of carbonyl (C=O) groups is 1. The molecule has 20 heavy (non-hydrogen) atoms. The summed E-state index contributed by atoms with van der Waals surface area (Å²) in [6.45, 7) is 6.27. The van der Waals surface area contributed by atoms with E-state index in [0.29, 0.717) is 0 Å². The van der Waals surface area contributed by atoms with E-state index in [-0.39, 0.29) is 17.9 Å². The van der Waals surface area contributed by atoms with E-state index in [1.54, 1.807) is 4.90 Å². The van der Waals surface area contributed by atoms with Crippen LogP contribution in [0.25, 0.3) is 5.76 Å². The Balaban J connectivity index is 1.97. The smallest absolute Gasteiger partial charge is 0.248 e. The first-order valence-corrected chi connectivity index (χ1v) is 6.98. The SMILES string of the molecule is CC(C)[C@]1(C)N(C)C(=O)[C@H]2C=C(c3ccccc3)ON21. The molecule has 0 aliphatic carbocycles. The van der Waals surface area contributed by atoms with Gasteiger partial charge in [0.05, 0.1) is 0 Å². The largest absolute Gasteiger partial charge is 0.402 e. The van der Waals surface area contributed by atoms with Crippen LogP contribution >= 0.6 is 0 Å². The van der Waals surface area contributed by atoms with Crippen molar-refractivity contribution in [1.82, 2.24) is 9.96 Å². The first-order chi connectivity index (χ1) is 9.46. The third-order valence-electron chi connectivity index (χ3n) is 4.62. The highest BCUT2D eigenvalue weighted by molar-refractivity contribution is 5.89. The lowest BCUT2D eigenvalue weighted by molar-refractivity contribution is -0.186. The normalized spacial score (nSPS) is 29.6. The number of likely N-dealkylation sites (N-methyl/N-ethyl adjacent to an activating group) is 1. The van der Waals surface area contributed by atoms with Crippen LogP contribution in [0.2, 0.25) is 0 Å². The second kappa shape index (κ2) is 4.35. The van der Waals surface area contributed by atoms with Gasteiger partial charge in [0.25, 0.3) is 0 Å². The second-order valence-corrected chi connectivity index (χ2v) is 5.90. The van der Waals surface area contributed by atoms with Gasteiger partial charge in [-0.3, -0.25) is 4.79 Å². The molecule has 0 aromatic heterocycles. The number of amides is 1. The summed E-state index contributed by atoms with van der Waals surface area (Å²) in [4.78, 5) is 20.3. The van der Waals surface area contributed by atoms with Crippen LogP contribution in [0.15, 0.2) is 36.4 Å². The van der Waals surface area contributed by atoms with E-state index in [2.05, 4.69) is 20.8 Å². The molecule has 0 bridgehead atoms. The monoisotopic (exact) mass is 272 g/mol. The number of carbonyl (C=O) groups excluding carboxylic acids is 1. The Bertz CT molecular complexity index is 567. The van der Waals surface area contributed by atoms with E-state index < -0.39 is 5.66 Å². The average molecular weight is 272 g/mol. The summed E-state index contributed by atoms with van der Waals surface area (Å²) in [6, 6.07) is 9.58. The molecule has 1 saturated heterocycles. The van der Waals surface area contributed by atoms with Crippen LogP contribution in [0, 0.1) is 5.92 Å². The van der Waals surface area contributed by atoms with Gasteiger partial charge in [0, 0.05) is 12.6 Å². The van der Waals surface area contributed by atoms with Gasteiger partial charge in [-0.05, 0) is 18.9 Å². The number of hydrogen-bond acceptors (Lipinski definition) is 3. The lowest BCUT2D eigenvalue weighted by Gasteiger charge is -2.40. The van der Waals surface area contributed by atoms with Gasteiger partial charge in [-0.15, -0.1) is 5.06 Å². The molecule has 2 atom stereocenters. The number of rotatable bonds is 2. The number of hydrogen-bond donors (Lipinski definition) is 0. The van der Waals surface area contributed by atoms with E-state index in [0.717, 1.165) is 11.3 Å². The molecular formula is C16H20N2O2. The van der Waals surface area contributed by atoms with Crippen molar-refractivity contribution < 1.29 is 9.63 Å². The highest BCUT2D eigenvalue weighted by Crippen LogP contribution is 2.43. The molecule has 0 radical (unpaired) electrons. The fraction of sp³-hybridized carbons (Fsp3) is 0.438. The standard InChI is InChI=1S/C16H20N2O2/c1-11(2)16(3)17(4)15(19)13-10-14(20-18(13)16)12-8-6-5-7-9-12/h5-11,13H,1-4H3/t13-,16-/m1/s1. The molecule has 2 aliphatic rings. The van der Waals surface area contributed by atoms with Crippen LogP contribution in [-0.2, 0) is 9.63 Å². The van der Waals surface area contributed by atoms with Crippen molar-refractivity contribution >= 4 is 11.7 Å². The third kappa shape index (κ3) is 1.61. The first kappa shape index (κ1) is 13.2. The Morgan fingerprint density at radius 3 is 2.50 bits per heavy atom. The van der Waals surface area contributed by atoms with Crippen molar-refractivity contribution in [3.63, 3.8) is 0 Å². The summed E-state index contributed by atoms with van der Waals surface area (Å²) in [5.41, 5.74) is 0.581. The minimum absolute atomic E-state index is 0.0899. The maximum Gasteiger partial charge on any atom is 0.248 e. The molecule has 106 valence electrons. The highest BCUT2D eigenvalue weighted by atomic mass is 16.7. The molecule has 1 amide bonds. The zero-order valence-corrected chi connectivity index (χ0v) is 12.3. The molecule has 0 spiro atoms. The van der Waals surface area contributed by atoms with Gasteiger partial charge in [-0.2, -0.15) is 0 Å². The topological polar surface area (TPSA) is 32.8 Å². The van der Waals surface area contributed by atoms with Crippen molar-refractivity contribution in [3.8, 4) is 0 Å². The summed E-state index contributed by atoms with van der Waals surface area (Å²) in [5, 5.41) is 1.84. The van der Waals surface area contributed by atoms with Gasteiger partial charge in [0.2, 0.25) is 5.91 Å². The van der Waals surface area contributed by atoms with Crippen molar-refractivity contribution in [2.24, 2.45) is 5.92 Å².